The van der Waals surface area contributed by atoms with Gasteiger partial charge in [-0.15, -0.1) is 0 Å². The number of aliphatic hydroxyl groups is 1. The zero-order chi connectivity index (χ0) is 13.4. The van der Waals surface area contributed by atoms with E-state index in [1.165, 1.54) is 0 Å². The fourth-order valence-corrected chi connectivity index (χ4v) is 1.41. The monoisotopic (exact) mass is 246 g/mol. The second-order valence-electron chi connectivity index (χ2n) is 4.30. The number of aliphatic hydroxyl groups excluding tert-OH is 1. The van der Waals surface area contributed by atoms with Crippen LogP contribution in [0.1, 0.15) is 33.6 Å². The standard InChI is InChI=1S/C11H22N2O4/c1-4-8(7(2)3)13-11(17)12-6-5-9(14)10(15)16/h7-9,14H,4-6H2,1-3H3,(H,15,16)(H2,12,13,17). The maximum absolute atomic E-state index is 11.4. The molecule has 2 atom stereocenters. The highest BCUT2D eigenvalue weighted by atomic mass is 16.4. The van der Waals surface area contributed by atoms with Crippen molar-refractivity contribution in [1.82, 2.24) is 10.6 Å². The molecule has 0 saturated heterocycles. The summed E-state index contributed by atoms with van der Waals surface area (Å²) in [6.07, 6.45) is -0.591. The highest BCUT2D eigenvalue weighted by Crippen LogP contribution is 2.04. The number of carbonyl (C=O) groups excluding carboxylic acids is 1. The van der Waals surface area contributed by atoms with Gasteiger partial charge in [0.1, 0.15) is 0 Å². The van der Waals surface area contributed by atoms with Crippen molar-refractivity contribution in [3.8, 4) is 0 Å². The molecule has 0 rings (SSSR count). The fraction of sp³-hybridized carbons (Fsp3) is 0.818. The predicted octanol–water partition coefficient (Wildman–Crippen LogP) is 0.556. The number of aliphatic carboxylic acids is 1. The summed E-state index contributed by atoms with van der Waals surface area (Å²) in [6, 6.07) is -0.234. The Labute approximate surface area is 101 Å². The van der Waals surface area contributed by atoms with Gasteiger partial charge in [-0.3, -0.25) is 0 Å². The zero-order valence-electron chi connectivity index (χ0n) is 10.6. The number of carboxylic acid groups (broad SMARTS) is 1. The Hall–Kier alpha value is -1.30. The van der Waals surface area contributed by atoms with Crippen molar-refractivity contribution in [2.75, 3.05) is 6.54 Å². The molecule has 0 aromatic heterocycles. The van der Waals surface area contributed by atoms with Crippen LogP contribution in [0.15, 0.2) is 0 Å². The van der Waals surface area contributed by atoms with Crippen molar-refractivity contribution >= 4 is 12.0 Å². The van der Waals surface area contributed by atoms with Gasteiger partial charge in [0.2, 0.25) is 0 Å². The van der Waals surface area contributed by atoms with Crippen molar-refractivity contribution in [3.05, 3.63) is 0 Å². The number of carboxylic acids is 1. The van der Waals surface area contributed by atoms with Crippen LogP contribution in [0.2, 0.25) is 0 Å². The molecule has 0 aliphatic rings. The van der Waals surface area contributed by atoms with E-state index in [0.29, 0.717) is 5.92 Å². The van der Waals surface area contributed by atoms with Gasteiger partial charge in [0, 0.05) is 19.0 Å². The third-order valence-electron chi connectivity index (χ3n) is 2.55. The Morgan fingerprint density at radius 1 is 1.29 bits per heavy atom. The van der Waals surface area contributed by atoms with E-state index >= 15 is 0 Å². The summed E-state index contributed by atoms with van der Waals surface area (Å²) in [7, 11) is 0. The average molecular weight is 246 g/mol. The van der Waals surface area contributed by atoms with Crippen molar-refractivity contribution in [2.45, 2.75) is 45.8 Å². The number of hydrogen-bond acceptors (Lipinski definition) is 3. The Morgan fingerprint density at radius 3 is 2.29 bits per heavy atom. The average Bonchev–Trinajstić information content (AvgIpc) is 2.25. The van der Waals surface area contributed by atoms with Gasteiger partial charge in [-0.05, 0) is 12.3 Å². The van der Waals surface area contributed by atoms with Crippen LogP contribution in [0.3, 0.4) is 0 Å². The summed E-state index contributed by atoms with van der Waals surface area (Å²) in [5, 5.41) is 22.7. The van der Waals surface area contributed by atoms with Crippen molar-refractivity contribution < 1.29 is 19.8 Å². The molecule has 2 amide bonds. The molecule has 0 aromatic carbocycles. The zero-order valence-corrected chi connectivity index (χ0v) is 10.6. The van der Waals surface area contributed by atoms with Gasteiger partial charge in [0.15, 0.2) is 6.10 Å². The maximum atomic E-state index is 11.4. The van der Waals surface area contributed by atoms with Gasteiger partial charge in [-0.1, -0.05) is 20.8 Å². The van der Waals surface area contributed by atoms with Crippen molar-refractivity contribution in [3.63, 3.8) is 0 Å². The van der Waals surface area contributed by atoms with E-state index in [0.717, 1.165) is 6.42 Å². The third kappa shape index (κ3) is 6.78. The number of nitrogens with one attached hydrogen (secondary N) is 2. The highest BCUT2D eigenvalue weighted by Gasteiger charge is 2.15. The van der Waals surface area contributed by atoms with E-state index in [9.17, 15) is 9.59 Å². The van der Waals surface area contributed by atoms with Gasteiger partial charge in [-0.25, -0.2) is 9.59 Å². The molecule has 2 unspecified atom stereocenters. The van der Waals surface area contributed by atoms with Crippen LogP contribution in [-0.4, -0.2) is 40.9 Å². The SMILES string of the molecule is CCC(NC(=O)NCCC(O)C(=O)O)C(C)C. The van der Waals surface area contributed by atoms with Crippen LogP contribution >= 0.6 is 0 Å². The molecule has 0 heterocycles. The lowest BCUT2D eigenvalue weighted by molar-refractivity contribution is -0.146. The largest absolute Gasteiger partial charge is 0.479 e. The fourth-order valence-electron chi connectivity index (χ4n) is 1.41. The minimum atomic E-state index is -1.43. The van der Waals surface area contributed by atoms with Crippen LogP contribution < -0.4 is 10.6 Å². The van der Waals surface area contributed by atoms with Crippen LogP contribution in [0.4, 0.5) is 4.79 Å². The molecule has 0 aliphatic heterocycles. The van der Waals surface area contributed by atoms with Crippen LogP contribution in [-0.2, 0) is 4.79 Å². The van der Waals surface area contributed by atoms with Gasteiger partial charge in [-0.2, -0.15) is 0 Å². The first kappa shape index (κ1) is 15.7. The summed E-state index contributed by atoms with van der Waals surface area (Å²) in [4.78, 5) is 21.7. The Morgan fingerprint density at radius 2 is 1.88 bits per heavy atom. The molecule has 4 N–H and O–H groups in total. The molecule has 0 fully saturated rings. The van der Waals surface area contributed by atoms with Gasteiger partial charge in [0.25, 0.3) is 0 Å². The topological polar surface area (TPSA) is 98.7 Å². The number of hydrogen-bond donors (Lipinski definition) is 4. The number of rotatable bonds is 7. The molecule has 0 aliphatic carbocycles. The Balaban J connectivity index is 3.83. The number of carbonyl (C=O) groups is 2. The van der Waals surface area contributed by atoms with Gasteiger partial charge >= 0.3 is 12.0 Å². The molecule has 0 spiro atoms. The molecule has 6 heteroatoms. The lowest BCUT2D eigenvalue weighted by Crippen LogP contribution is -2.45. The molecule has 0 bridgehead atoms. The van der Waals surface area contributed by atoms with E-state index in [1.54, 1.807) is 0 Å². The predicted molar refractivity (Wildman–Crippen MR) is 63.7 cm³/mol. The van der Waals surface area contributed by atoms with Gasteiger partial charge in [0.05, 0.1) is 0 Å². The van der Waals surface area contributed by atoms with E-state index in [2.05, 4.69) is 10.6 Å². The summed E-state index contributed by atoms with van der Waals surface area (Å²) < 4.78 is 0. The third-order valence-corrected chi connectivity index (χ3v) is 2.55. The summed E-state index contributed by atoms with van der Waals surface area (Å²) in [5.74, 6) is -0.934. The molecule has 17 heavy (non-hydrogen) atoms. The second kappa shape index (κ2) is 7.89. The summed E-state index contributed by atoms with van der Waals surface area (Å²) >= 11 is 0. The Bertz CT molecular complexity index is 256. The molecular formula is C11H22N2O4. The summed E-state index contributed by atoms with van der Waals surface area (Å²) in [6.45, 7) is 6.15. The van der Waals surface area contributed by atoms with Gasteiger partial charge < -0.3 is 20.8 Å². The minimum absolute atomic E-state index is 0.00121. The van der Waals surface area contributed by atoms with Crippen molar-refractivity contribution in [2.24, 2.45) is 5.92 Å². The smallest absolute Gasteiger partial charge is 0.332 e. The maximum Gasteiger partial charge on any atom is 0.332 e. The molecule has 0 saturated carbocycles. The van der Waals surface area contributed by atoms with Crippen molar-refractivity contribution in [1.29, 1.82) is 0 Å². The van der Waals surface area contributed by atoms with Crippen LogP contribution in [0.25, 0.3) is 0 Å². The number of amides is 2. The van der Waals surface area contributed by atoms with Crippen LogP contribution in [0.5, 0.6) is 0 Å². The first-order chi connectivity index (χ1) is 7.88. The normalized spacial score (nSPS) is 14.2. The van der Waals surface area contributed by atoms with E-state index in [4.69, 9.17) is 10.2 Å². The first-order valence-electron chi connectivity index (χ1n) is 5.83. The first-order valence-corrected chi connectivity index (χ1v) is 5.83. The highest BCUT2D eigenvalue weighted by molar-refractivity contribution is 5.74. The molecule has 0 radical (unpaired) electrons. The number of urea groups is 1. The molecule has 100 valence electrons. The quantitative estimate of drug-likeness (QED) is 0.527. The van der Waals surface area contributed by atoms with E-state index < -0.39 is 12.1 Å². The Kier molecular flexibility index (Phi) is 7.29. The minimum Gasteiger partial charge on any atom is -0.479 e. The molecule has 6 nitrogen and oxygen atoms in total. The van der Waals surface area contributed by atoms with Crippen LogP contribution in [0, 0.1) is 5.92 Å². The lowest BCUT2D eigenvalue weighted by atomic mass is 10.0. The van der Waals surface area contributed by atoms with E-state index in [1.807, 2.05) is 20.8 Å². The molecular weight excluding hydrogens is 224 g/mol. The second-order valence-corrected chi connectivity index (χ2v) is 4.30. The summed E-state index contributed by atoms with van der Waals surface area (Å²) in [5.41, 5.74) is 0. The molecule has 0 aromatic rings. The lowest BCUT2D eigenvalue weighted by Gasteiger charge is -2.21. The van der Waals surface area contributed by atoms with E-state index in [-0.39, 0.29) is 25.0 Å².